The van der Waals surface area contributed by atoms with Crippen molar-refractivity contribution in [2.75, 3.05) is 17.1 Å². The molecule has 0 bridgehead atoms. The summed E-state index contributed by atoms with van der Waals surface area (Å²) in [6.45, 7) is 0. The van der Waals surface area contributed by atoms with Crippen LogP contribution in [0.1, 0.15) is 10.4 Å². The van der Waals surface area contributed by atoms with Gasteiger partial charge in [0.05, 0.1) is 35.1 Å². The number of nitrogens with one attached hydrogen (secondary N) is 2. The number of amides is 1. The Labute approximate surface area is 161 Å². The van der Waals surface area contributed by atoms with Crippen molar-refractivity contribution in [3.8, 4) is 5.88 Å². The number of rotatable bonds is 6. The van der Waals surface area contributed by atoms with Gasteiger partial charge in [-0.2, -0.15) is 0 Å². The quantitative estimate of drug-likeness (QED) is 0.661. The molecule has 0 saturated heterocycles. The van der Waals surface area contributed by atoms with E-state index in [2.05, 4.69) is 15.0 Å². The van der Waals surface area contributed by atoms with Crippen molar-refractivity contribution >= 4 is 27.3 Å². The van der Waals surface area contributed by atoms with Gasteiger partial charge in [0.25, 0.3) is 15.9 Å². The van der Waals surface area contributed by atoms with Crippen molar-refractivity contribution in [2.24, 2.45) is 0 Å². The molecule has 0 radical (unpaired) electrons. The number of pyridine rings is 1. The molecule has 9 heteroatoms. The Hall–Kier alpha value is -3.46. The zero-order valence-electron chi connectivity index (χ0n) is 14.7. The molecule has 0 unspecified atom stereocenters. The van der Waals surface area contributed by atoms with Gasteiger partial charge in [-0.05, 0) is 42.5 Å². The average molecular weight is 401 g/mol. The van der Waals surface area contributed by atoms with Crippen molar-refractivity contribution in [1.29, 1.82) is 0 Å². The highest BCUT2D eigenvalue weighted by atomic mass is 32.2. The molecule has 3 rings (SSSR count). The number of aromatic nitrogens is 1. The third-order valence-electron chi connectivity index (χ3n) is 3.74. The topological polar surface area (TPSA) is 97.4 Å². The van der Waals surface area contributed by atoms with Crippen LogP contribution in [0.25, 0.3) is 0 Å². The lowest BCUT2D eigenvalue weighted by Crippen LogP contribution is -2.18. The summed E-state index contributed by atoms with van der Waals surface area (Å²) in [7, 11) is -2.52. The first kappa shape index (κ1) is 19.3. The summed E-state index contributed by atoms with van der Waals surface area (Å²) in [5, 5.41) is 2.64. The number of anilines is 2. The monoisotopic (exact) mass is 401 g/mol. The Balaban J connectivity index is 1.83. The highest BCUT2D eigenvalue weighted by molar-refractivity contribution is 7.92. The molecule has 28 heavy (non-hydrogen) atoms. The molecule has 0 aliphatic carbocycles. The number of benzene rings is 2. The van der Waals surface area contributed by atoms with E-state index in [0.717, 1.165) is 24.3 Å². The number of para-hydroxylation sites is 1. The SMILES string of the molecule is COc1ccc(NC(=O)c2ccccc2NS(=O)(=O)c2ccc(F)cc2)cn1. The fourth-order valence-corrected chi connectivity index (χ4v) is 3.44. The lowest BCUT2D eigenvalue weighted by molar-refractivity contribution is 0.102. The second-order valence-electron chi connectivity index (χ2n) is 5.65. The number of hydrogen-bond donors (Lipinski definition) is 2. The third kappa shape index (κ3) is 4.44. The van der Waals surface area contributed by atoms with Crippen LogP contribution in [0.3, 0.4) is 0 Å². The van der Waals surface area contributed by atoms with Crippen LogP contribution >= 0.6 is 0 Å². The lowest BCUT2D eigenvalue weighted by Gasteiger charge is -2.13. The van der Waals surface area contributed by atoms with Crippen molar-refractivity contribution in [3.05, 3.63) is 78.2 Å². The summed E-state index contributed by atoms with van der Waals surface area (Å²) in [6, 6.07) is 13.7. The molecule has 1 aromatic heterocycles. The average Bonchev–Trinajstić information content (AvgIpc) is 2.69. The van der Waals surface area contributed by atoms with E-state index >= 15 is 0 Å². The van der Waals surface area contributed by atoms with E-state index in [4.69, 9.17) is 4.74 Å². The second-order valence-corrected chi connectivity index (χ2v) is 7.33. The molecule has 2 N–H and O–H groups in total. The summed E-state index contributed by atoms with van der Waals surface area (Å²) in [5.41, 5.74) is 0.622. The third-order valence-corrected chi connectivity index (χ3v) is 5.12. The summed E-state index contributed by atoms with van der Waals surface area (Å²) in [6.07, 6.45) is 1.42. The molecular formula is C19H16FN3O4S. The first-order valence-electron chi connectivity index (χ1n) is 8.08. The lowest BCUT2D eigenvalue weighted by atomic mass is 10.1. The maximum atomic E-state index is 13.0. The summed E-state index contributed by atoms with van der Waals surface area (Å²) in [5.74, 6) is -0.679. The summed E-state index contributed by atoms with van der Waals surface area (Å²) >= 11 is 0. The zero-order chi connectivity index (χ0) is 20.1. The van der Waals surface area contributed by atoms with Crippen LogP contribution in [0.15, 0.2) is 71.8 Å². The number of hydrogen-bond acceptors (Lipinski definition) is 5. The number of ether oxygens (including phenoxy) is 1. The van der Waals surface area contributed by atoms with Crippen LogP contribution in [0.2, 0.25) is 0 Å². The zero-order valence-corrected chi connectivity index (χ0v) is 15.5. The number of methoxy groups -OCH3 is 1. The summed E-state index contributed by atoms with van der Waals surface area (Å²) < 4.78 is 45.4. The molecule has 144 valence electrons. The van der Waals surface area contributed by atoms with Gasteiger partial charge in [-0.15, -0.1) is 0 Å². The number of carbonyl (C=O) groups is 1. The molecular weight excluding hydrogens is 385 g/mol. The van der Waals surface area contributed by atoms with Crippen LogP contribution in [-0.2, 0) is 10.0 Å². The smallest absolute Gasteiger partial charge is 0.261 e. The standard InChI is InChI=1S/C19H16FN3O4S/c1-27-18-11-8-14(12-21-18)22-19(24)16-4-2-3-5-17(16)23-28(25,26)15-9-6-13(20)7-10-15/h2-12,23H,1H3,(H,22,24). The Morgan fingerprint density at radius 1 is 1.04 bits per heavy atom. The maximum Gasteiger partial charge on any atom is 0.261 e. The number of sulfonamides is 1. The molecule has 0 aliphatic heterocycles. The first-order chi connectivity index (χ1) is 13.4. The van der Waals surface area contributed by atoms with Crippen LogP contribution in [0.5, 0.6) is 5.88 Å². The van der Waals surface area contributed by atoms with Gasteiger partial charge in [-0.3, -0.25) is 9.52 Å². The van der Waals surface area contributed by atoms with Gasteiger partial charge in [-0.1, -0.05) is 12.1 Å². The second kappa shape index (κ2) is 8.05. The van der Waals surface area contributed by atoms with E-state index in [-0.39, 0.29) is 16.1 Å². The van der Waals surface area contributed by atoms with E-state index < -0.39 is 21.7 Å². The van der Waals surface area contributed by atoms with Gasteiger partial charge in [0.1, 0.15) is 5.82 Å². The Bertz CT molecular complexity index is 1080. The fraction of sp³-hybridized carbons (Fsp3) is 0.0526. The van der Waals surface area contributed by atoms with Crippen LogP contribution in [0, 0.1) is 5.82 Å². The molecule has 0 atom stereocenters. The van der Waals surface area contributed by atoms with Crippen LogP contribution in [-0.4, -0.2) is 26.4 Å². The number of carbonyl (C=O) groups excluding carboxylic acids is 1. The first-order valence-corrected chi connectivity index (χ1v) is 9.56. The van der Waals surface area contributed by atoms with Gasteiger partial charge in [0.15, 0.2) is 0 Å². The highest BCUT2D eigenvalue weighted by Crippen LogP contribution is 2.22. The normalized spacial score (nSPS) is 10.9. The number of nitrogens with zero attached hydrogens (tertiary/aromatic N) is 1. The van der Waals surface area contributed by atoms with Gasteiger partial charge < -0.3 is 10.1 Å². The predicted molar refractivity (Wildman–Crippen MR) is 102 cm³/mol. The van der Waals surface area contributed by atoms with Crippen molar-refractivity contribution < 1.29 is 22.3 Å². The molecule has 0 fully saturated rings. The Morgan fingerprint density at radius 2 is 1.75 bits per heavy atom. The van der Waals surface area contributed by atoms with Crippen molar-refractivity contribution in [2.45, 2.75) is 4.90 Å². The van der Waals surface area contributed by atoms with Gasteiger partial charge in [0, 0.05) is 6.07 Å². The van der Waals surface area contributed by atoms with Crippen molar-refractivity contribution in [3.63, 3.8) is 0 Å². The predicted octanol–water partition coefficient (Wildman–Crippen LogP) is 3.28. The van der Waals surface area contributed by atoms with E-state index in [1.807, 2.05) is 0 Å². The molecule has 7 nitrogen and oxygen atoms in total. The molecule has 1 amide bonds. The van der Waals surface area contributed by atoms with Crippen LogP contribution in [0.4, 0.5) is 15.8 Å². The van der Waals surface area contributed by atoms with E-state index in [1.165, 1.54) is 25.4 Å². The van der Waals surface area contributed by atoms with Crippen LogP contribution < -0.4 is 14.8 Å². The molecule has 0 spiro atoms. The van der Waals surface area contributed by atoms with E-state index in [9.17, 15) is 17.6 Å². The molecule has 3 aromatic rings. The largest absolute Gasteiger partial charge is 0.481 e. The minimum absolute atomic E-state index is 0.0887. The number of halogens is 1. The Kier molecular flexibility index (Phi) is 5.55. The summed E-state index contributed by atoms with van der Waals surface area (Å²) in [4.78, 5) is 16.5. The van der Waals surface area contributed by atoms with Gasteiger partial charge >= 0.3 is 0 Å². The minimum atomic E-state index is -3.99. The minimum Gasteiger partial charge on any atom is -0.481 e. The molecule has 2 aromatic carbocycles. The molecule has 0 aliphatic rings. The highest BCUT2D eigenvalue weighted by Gasteiger charge is 2.19. The van der Waals surface area contributed by atoms with Gasteiger partial charge in [0.2, 0.25) is 5.88 Å². The van der Waals surface area contributed by atoms with E-state index in [1.54, 1.807) is 24.3 Å². The molecule has 0 saturated carbocycles. The maximum absolute atomic E-state index is 13.0. The fourth-order valence-electron chi connectivity index (χ4n) is 2.36. The Morgan fingerprint density at radius 3 is 2.39 bits per heavy atom. The van der Waals surface area contributed by atoms with Crippen molar-refractivity contribution in [1.82, 2.24) is 4.98 Å². The van der Waals surface area contributed by atoms with E-state index in [0.29, 0.717) is 11.6 Å². The van der Waals surface area contributed by atoms with Gasteiger partial charge in [-0.25, -0.2) is 17.8 Å². The molecule has 1 heterocycles.